The number of benzene rings is 1. The Morgan fingerprint density at radius 3 is 2.38 bits per heavy atom. The second-order valence-electron chi connectivity index (χ2n) is 2.90. The SMILES string of the molecule is C=CCCC(Cl)(Cl)c1ccccc1. The molecule has 2 heteroatoms. The van der Waals surface area contributed by atoms with Gasteiger partial charge in [-0.15, -0.1) is 6.58 Å². The average Bonchev–Trinajstić information content (AvgIpc) is 2.16. The standard InChI is InChI=1S/C11H12Cl2/c1-2-3-9-11(12,13)10-7-5-4-6-8-10/h2,4-8H,1,3,9H2. The lowest BCUT2D eigenvalue weighted by Crippen LogP contribution is -2.09. The first-order chi connectivity index (χ1) is 6.17. The van der Waals surface area contributed by atoms with E-state index in [2.05, 4.69) is 6.58 Å². The normalized spacial score (nSPS) is 11.2. The van der Waals surface area contributed by atoms with E-state index < -0.39 is 4.33 Å². The highest BCUT2D eigenvalue weighted by Crippen LogP contribution is 2.38. The van der Waals surface area contributed by atoms with Gasteiger partial charge in [0.25, 0.3) is 0 Å². The molecule has 0 radical (unpaired) electrons. The van der Waals surface area contributed by atoms with Crippen molar-refractivity contribution in [2.45, 2.75) is 17.2 Å². The van der Waals surface area contributed by atoms with Crippen LogP contribution in [0.4, 0.5) is 0 Å². The van der Waals surface area contributed by atoms with E-state index in [-0.39, 0.29) is 0 Å². The van der Waals surface area contributed by atoms with Crippen LogP contribution in [0.1, 0.15) is 18.4 Å². The van der Waals surface area contributed by atoms with E-state index in [9.17, 15) is 0 Å². The number of hydrogen-bond donors (Lipinski definition) is 0. The van der Waals surface area contributed by atoms with E-state index in [4.69, 9.17) is 23.2 Å². The maximum atomic E-state index is 6.16. The van der Waals surface area contributed by atoms with Crippen LogP contribution in [0, 0.1) is 0 Å². The van der Waals surface area contributed by atoms with Crippen LogP contribution in [0.3, 0.4) is 0 Å². The highest BCUT2D eigenvalue weighted by atomic mass is 35.5. The molecule has 0 aliphatic carbocycles. The molecule has 1 rings (SSSR count). The Morgan fingerprint density at radius 1 is 1.23 bits per heavy atom. The highest BCUT2D eigenvalue weighted by molar-refractivity contribution is 6.48. The first kappa shape index (κ1) is 10.6. The quantitative estimate of drug-likeness (QED) is 0.519. The van der Waals surface area contributed by atoms with Crippen LogP contribution in [-0.4, -0.2) is 0 Å². The summed E-state index contributed by atoms with van der Waals surface area (Å²) in [5, 5.41) is 0. The van der Waals surface area contributed by atoms with Gasteiger partial charge in [-0.1, -0.05) is 59.6 Å². The number of rotatable bonds is 4. The second kappa shape index (κ2) is 4.69. The van der Waals surface area contributed by atoms with Gasteiger partial charge < -0.3 is 0 Å². The molecule has 0 heterocycles. The largest absolute Gasteiger partial charge is 0.143 e. The van der Waals surface area contributed by atoms with Crippen LogP contribution < -0.4 is 0 Å². The Bertz CT molecular complexity index is 265. The highest BCUT2D eigenvalue weighted by Gasteiger charge is 2.24. The van der Waals surface area contributed by atoms with Crippen molar-refractivity contribution in [3.05, 3.63) is 48.6 Å². The molecule has 0 unspecified atom stereocenters. The van der Waals surface area contributed by atoms with E-state index in [0.717, 1.165) is 12.0 Å². The summed E-state index contributed by atoms with van der Waals surface area (Å²) in [7, 11) is 0. The van der Waals surface area contributed by atoms with Gasteiger partial charge in [0.05, 0.1) is 0 Å². The summed E-state index contributed by atoms with van der Waals surface area (Å²) in [6.07, 6.45) is 3.34. The smallest absolute Gasteiger partial charge is 0.103 e. The Morgan fingerprint density at radius 2 is 1.85 bits per heavy atom. The number of allylic oxidation sites excluding steroid dienone is 1. The minimum Gasteiger partial charge on any atom is -0.103 e. The minimum absolute atomic E-state index is 0.698. The summed E-state index contributed by atoms with van der Waals surface area (Å²) in [6.45, 7) is 3.64. The zero-order chi connectivity index (χ0) is 9.73. The molecule has 0 nitrogen and oxygen atoms in total. The molecule has 0 aromatic heterocycles. The number of alkyl halides is 2. The fraction of sp³-hybridized carbons (Fsp3) is 0.273. The van der Waals surface area contributed by atoms with Gasteiger partial charge in [-0.3, -0.25) is 0 Å². The third-order valence-electron chi connectivity index (χ3n) is 1.86. The van der Waals surface area contributed by atoms with Crippen molar-refractivity contribution < 1.29 is 0 Å². The molecule has 0 saturated heterocycles. The van der Waals surface area contributed by atoms with Crippen LogP contribution in [0.5, 0.6) is 0 Å². The van der Waals surface area contributed by atoms with Gasteiger partial charge >= 0.3 is 0 Å². The van der Waals surface area contributed by atoms with Crippen molar-refractivity contribution in [3.63, 3.8) is 0 Å². The van der Waals surface area contributed by atoms with Gasteiger partial charge in [-0.2, -0.15) is 0 Å². The maximum Gasteiger partial charge on any atom is 0.143 e. The van der Waals surface area contributed by atoms with Crippen LogP contribution in [-0.2, 0) is 4.33 Å². The van der Waals surface area contributed by atoms with Gasteiger partial charge in [0.15, 0.2) is 0 Å². The first-order valence-corrected chi connectivity index (χ1v) is 4.96. The molecule has 0 bridgehead atoms. The summed E-state index contributed by atoms with van der Waals surface area (Å²) < 4.78 is -0.782. The number of hydrogen-bond acceptors (Lipinski definition) is 0. The molecule has 70 valence electrons. The van der Waals surface area contributed by atoms with Crippen LogP contribution >= 0.6 is 23.2 Å². The Kier molecular flexibility index (Phi) is 3.83. The average molecular weight is 215 g/mol. The van der Waals surface area contributed by atoms with E-state index >= 15 is 0 Å². The summed E-state index contributed by atoms with van der Waals surface area (Å²) in [5.41, 5.74) is 0.945. The topological polar surface area (TPSA) is 0 Å². The summed E-state index contributed by atoms with van der Waals surface area (Å²) in [6, 6.07) is 9.68. The predicted octanol–water partition coefficient (Wildman–Crippen LogP) is 4.28. The molecule has 0 fully saturated rings. The van der Waals surface area contributed by atoms with Gasteiger partial charge in [0.2, 0.25) is 0 Å². The Balaban J connectivity index is 2.74. The molecule has 0 saturated carbocycles. The van der Waals surface area contributed by atoms with E-state index in [1.165, 1.54) is 0 Å². The van der Waals surface area contributed by atoms with Gasteiger partial charge in [-0.25, -0.2) is 0 Å². The number of halogens is 2. The van der Waals surface area contributed by atoms with Gasteiger partial charge in [0.1, 0.15) is 4.33 Å². The van der Waals surface area contributed by atoms with Gasteiger partial charge in [-0.05, 0) is 18.4 Å². The fourth-order valence-electron chi connectivity index (χ4n) is 1.11. The lowest BCUT2D eigenvalue weighted by Gasteiger charge is -2.18. The molecule has 1 aromatic rings. The molecule has 0 aliphatic rings. The zero-order valence-electron chi connectivity index (χ0n) is 7.34. The third-order valence-corrected chi connectivity index (χ3v) is 2.67. The monoisotopic (exact) mass is 214 g/mol. The molecule has 13 heavy (non-hydrogen) atoms. The molecule has 0 N–H and O–H groups in total. The van der Waals surface area contributed by atoms with Crippen molar-refractivity contribution in [2.75, 3.05) is 0 Å². The molecule has 0 atom stereocenters. The van der Waals surface area contributed by atoms with Crippen molar-refractivity contribution in [1.29, 1.82) is 0 Å². The Labute approximate surface area is 89.2 Å². The summed E-state index contributed by atoms with van der Waals surface area (Å²) in [4.78, 5) is 0. The van der Waals surface area contributed by atoms with Crippen molar-refractivity contribution in [1.82, 2.24) is 0 Å². The maximum absolute atomic E-state index is 6.16. The van der Waals surface area contributed by atoms with E-state index in [1.807, 2.05) is 36.4 Å². The molecular weight excluding hydrogens is 203 g/mol. The molecule has 0 amide bonds. The summed E-state index contributed by atoms with van der Waals surface area (Å²) in [5.74, 6) is 0. The van der Waals surface area contributed by atoms with Crippen molar-refractivity contribution in [2.24, 2.45) is 0 Å². The van der Waals surface area contributed by atoms with E-state index in [0.29, 0.717) is 6.42 Å². The fourth-order valence-corrected chi connectivity index (χ4v) is 1.58. The predicted molar refractivity (Wildman–Crippen MR) is 59.3 cm³/mol. The van der Waals surface area contributed by atoms with Gasteiger partial charge in [0, 0.05) is 0 Å². The van der Waals surface area contributed by atoms with Crippen molar-refractivity contribution in [3.8, 4) is 0 Å². The Hall–Kier alpha value is -0.460. The lowest BCUT2D eigenvalue weighted by molar-refractivity contribution is 0.749. The molecule has 1 aromatic carbocycles. The van der Waals surface area contributed by atoms with E-state index in [1.54, 1.807) is 0 Å². The molecule has 0 aliphatic heterocycles. The molecule has 0 spiro atoms. The zero-order valence-corrected chi connectivity index (χ0v) is 8.85. The van der Waals surface area contributed by atoms with Crippen LogP contribution in [0.2, 0.25) is 0 Å². The third kappa shape index (κ3) is 3.06. The minimum atomic E-state index is -0.782. The molecular formula is C11H12Cl2. The summed E-state index contributed by atoms with van der Waals surface area (Å²) >= 11 is 12.3. The second-order valence-corrected chi connectivity index (χ2v) is 4.38. The van der Waals surface area contributed by atoms with Crippen molar-refractivity contribution >= 4 is 23.2 Å². The van der Waals surface area contributed by atoms with Crippen LogP contribution in [0.15, 0.2) is 43.0 Å². The lowest BCUT2D eigenvalue weighted by atomic mass is 10.1. The first-order valence-electron chi connectivity index (χ1n) is 4.21. The van der Waals surface area contributed by atoms with Crippen LogP contribution in [0.25, 0.3) is 0 Å².